The number of carbonyl (C=O) groups is 1. The molecule has 2 rings (SSSR count). The quantitative estimate of drug-likeness (QED) is 0.663. The van der Waals surface area contributed by atoms with Crippen molar-refractivity contribution < 1.29 is 9.53 Å². The highest BCUT2D eigenvalue weighted by Gasteiger charge is 2.31. The predicted octanol–water partition coefficient (Wildman–Crippen LogP) is 1.25. The first-order valence-electron chi connectivity index (χ1n) is 6.24. The van der Waals surface area contributed by atoms with Crippen molar-refractivity contribution in [2.24, 2.45) is 5.73 Å². The number of hydrogen-bond donors (Lipinski definition) is 1. The summed E-state index contributed by atoms with van der Waals surface area (Å²) in [5, 5.41) is 0. The first kappa shape index (κ1) is 13.7. The van der Waals surface area contributed by atoms with E-state index in [1.807, 2.05) is 11.0 Å². The smallest absolute Gasteiger partial charge is 0.328 e. The third-order valence-corrected chi connectivity index (χ3v) is 3.52. The van der Waals surface area contributed by atoms with Gasteiger partial charge in [-0.15, -0.1) is 0 Å². The number of nitrogens with zero attached hydrogens (tertiary/aromatic N) is 2. The molecule has 1 unspecified atom stereocenters. The molecule has 1 fully saturated rings. The van der Waals surface area contributed by atoms with Crippen molar-refractivity contribution >= 4 is 29.0 Å². The highest BCUT2D eigenvalue weighted by Crippen LogP contribution is 2.26. The predicted molar refractivity (Wildman–Crippen MR) is 77.1 cm³/mol. The summed E-state index contributed by atoms with van der Waals surface area (Å²) in [5.41, 5.74) is 6.43. The molecule has 2 N–H and O–H groups in total. The van der Waals surface area contributed by atoms with E-state index in [2.05, 4.69) is 4.98 Å². The lowest BCUT2D eigenvalue weighted by Crippen LogP contribution is -2.46. The molecule has 0 saturated carbocycles. The Kier molecular flexibility index (Phi) is 4.31. The van der Waals surface area contributed by atoms with Gasteiger partial charge in [0, 0.05) is 12.7 Å². The van der Waals surface area contributed by atoms with E-state index in [-0.39, 0.29) is 17.0 Å². The van der Waals surface area contributed by atoms with Crippen molar-refractivity contribution in [1.29, 1.82) is 0 Å². The Labute approximate surface area is 117 Å². The van der Waals surface area contributed by atoms with Crippen molar-refractivity contribution in [3.8, 4) is 0 Å². The van der Waals surface area contributed by atoms with Crippen LogP contribution in [0.15, 0.2) is 18.3 Å². The number of ether oxygens (including phenoxy) is 1. The Morgan fingerprint density at radius 2 is 2.37 bits per heavy atom. The number of thiocarbonyl (C=S) groups is 1. The summed E-state index contributed by atoms with van der Waals surface area (Å²) >= 11 is 5.05. The van der Waals surface area contributed by atoms with E-state index in [9.17, 15) is 4.79 Å². The highest BCUT2D eigenvalue weighted by molar-refractivity contribution is 7.80. The number of pyridine rings is 1. The molecule has 0 aliphatic carbocycles. The summed E-state index contributed by atoms with van der Waals surface area (Å²) in [7, 11) is 1.40. The minimum absolute atomic E-state index is 0.237. The molecule has 102 valence electrons. The second-order valence-electron chi connectivity index (χ2n) is 4.47. The molecule has 0 radical (unpaired) electrons. The van der Waals surface area contributed by atoms with Gasteiger partial charge in [0.1, 0.15) is 16.8 Å². The van der Waals surface area contributed by atoms with Crippen molar-refractivity contribution in [2.45, 2.75) is 25.3 Å². The van der Waals surface area contributed by atoms with E-state index in [0.717, 1.165) is 25.8 Å². The number of esters is 1. The Balaban J connectivity index is 2.37. The lowest BCUT2D eigenvalue weighted by molar-refractivity contribution is -0.142. The van der Waals surface area contributed by atoms with Crippen LogP contribution in [-0.4, -0.2) is 35.6 Å². The lowest BCUT2D eigenvalue weighted by Gasteiger charge is -2.35. The average molecular weight is 279 g/mol. The maximum Gasteiger partial charge on any atom is 0.328 e. The molecule has 0 spiro atoms. The maximum atomic E-state index is 11.9. The fraction of sp³-hybridized carbons (Fsp3) is 0.462. The van der Waals surface area contributed by atoms with Crippen LogP contribution in [0.1, 0.15) is 24.8 Å². The van der Waals surface area contributed by atoms with Crippen LogP contribution in [0.3, 0.4) is 0 Å². The lowest BCUT2D eigenvalue weighted by atomic mass is 10.0. The highest BCUT2D eigenvalue weighted by atomic mass is 32.1. The van der Waals surface area contributed by atoms with Crippen LogP contribution in [-0.2, 0) is 9.53 Å². The van der Waals surface area contributed by atoms with Crippen LogP contribution in [0.5, 0.6) is 0 Å². The van der Waals surface area contributed by atoms with Gasteiger partial charge in [0.15, 0.2) is 0 Å². The van der Waals surface area contributed by atoms with Crippen molar-refractivity contribution in [3.05, 3.63) is 23.9 Å². The maximum absolute atomic E-state index is 11.9. The number of hydrogen-bond acceptors (Lipinski definition) is 5. The topological polar surface area (TPSA) is 68.5 Å². The number of rotatable bonds is 3. The third-order valence-electron chi connectivity index (χ3n) is 3.30. The van der Waals surface area contributed by atoms with Crippen molar-refractivity contribution in [3.63, 3.8) is 0 Å². The molecule has 6 heteroatoms. The summed E-state index contributed by atoms with van der Waals surface area (Å²) in [6.45, 7) is 0.756. The number of nitrogens with two attached hydrogens (primary N) is 1. The van der Waals surface area contributed by atoms with Gasteiger partial charge < -0.3 is 15.4 Å². The van der Waals surface area contributed by atoms with E-state index in [1.54, 1.807) is 12.3 Å². The van der Waals surface area contributed by atoms with Crippen LogP contribution >= 0.6 is 12.2 Å². The molecule has 1 aliphatic heterocycles. The van der Waals surface area contributed by atoms with E-state index in [1.165, 1.54) is 7.11 Å². The standard InChI is InChI=1S/C13H17N3O2S/c1-18-13(17)10-6-2-3-8-16(10)12-9(11(14)19)5-4-7-15-12/h4-5,7,10H,2-3,6,8H2,1H3,(H2,14,19). The molecular formula is C13H17N3O2S. The van der Waals surface area contributed by atoms with Gasteiger partial charge in [0.05, 0.1) is 12.7 Å². The molecule has 2 heterocycles. The van der Waals surface area contributed by atoms with E-state index >= 15 is 0 Å². The van der Waals surface area contributed by atoms with E-state index in [0.29, 0.717) is 11.4 Å². The number of carbonyl (C=O) groups excluding carboxylic acids is 1. The van der Waals surface area contributed by atoms with Crippen molar-refractivity contribution in [2.75, 3.05) is 18.6 Å². The molecule has 0 aromatic carbocycles. The minimum atomic E-state index is -0.304. The molecule has 5 nitrogen and oxygen atoms in total. The zero-order chi connectivity index (χ0) is 13.8. The third kappa shape index (κ3) is 2.84. The van der Waals surface area contributed by atoms with E-state index in [4.69, 9.17) is 22.7 Å². The first-order chi connectivity index (χ1) is 9.15. The minimum Gasteiger partial charge on any atom is -0.467 e. The second kappa shape index (κ2) is 5.97. The summed E-state index contributed by atoms with van der Waals surface area (Å²) in [6, 6.07) is 3.31. The van der Waals surface area contributed by atoms with Crippen LogP contribution in [0, 0.1) is 0 Å². The molecule has 1 aliphatic rings. The average Bonchev–Trinajstić information content (AvgIpc) is 2.46. The first-order valence-corrected chi connectivity index (χ1v) is 6.65. The molecule has 0 amide bonds. The number of aromatic nitrogens is 1. The molecule has 1 aromatic rings. The molecule has 19 heavy (non-hydrogen) atoms. The van der Waals surface area contributed by atoms with Crippen LogP contribution in [0.25, 0.3) is 0 Å². The largest absolute Gasteiger partial charge is 0.467 e. The van der Waals surface area contributed by atoms with Gasteiger partial charge in [-0.2, -0.15) is 0 Å². The Bertz CT molecular complexity index is 493. The molecule has 0 bridgehead atoms. The monoisotopic (exact) mass is 279 g/mol. The van der Waals surface area contributed by atoms with E-state index < -0.39 is 0 Å². The Hall–Kier alpha value is -1.69. The normalized spacial score (nSPS) is 19.0. The van der Waals surface area contributed by atoms with Gasteiger partial charge >= 0.3 is 5.97 Å². The summed E-state index contributed by atoms with van der Waals surface area (Å²) in [4.78, 5) is 18.5. The molecule has 1 aromatic heterocycles. The molecular weight excluding hydrogens is 262 g/mol. The zero-order valence-corrected chi connectivity index (χ0v) is 11.7. The summed E-state index contributed by atoms with van der Waals surface area (Å²) in [5.74, 6) is 0.435. The van der Waals surface area contributed by atoms with Gasteiger partial charge in [-0.25, -0.2) is 9.78 Å². The number of methoxy groups -OCH3 is 1. The van der Waals surface area contributed by atoms with Gasteiger partial charge in [-0.3, -0.25) is 0 Å². The Morgan fingerprint density at radius 1 is 1.58 bits per heavy atom. The van der Waals surface area contributed by atoms with Crippen LogP contribution < -0.4 is 10.6 Å². The second-order valence-corrected chi connectivity index (χ2v) is 4.91. The van der Waals surface area contributed by atoms with Gasteiger partial charge in [-0.1, -0.05) is 12.2 Å². The zero-order valence-electron chi connectivity index (χ0n) is 10.8. The number of piperidine rings is 1. The molecule has 1 atom stereocenters. The molecule has 1 saturated heterocycles. The van der Waals surface area contributed by atoms with Crippen molar-refractivity contribution in [1.82, 2.24) is 4.98 Å². The fourth-order valence-electron chi connectivity index (χ4n) is 2.38. The van der Waals surface area contributed by atoms with Crippen LogP contribution in [0.2, 0.25) is 0 Å². The Morgan fingerprint density at radius 3 is 3.05 bits per heavy atom. The van der Waals surface area contributed by atoms with Gasteiger partial charge in [0.25, 0.3) is 0 Å². The SMILES string of the molecule is COC(=O)C1CCCCN1c1ncccc1C(N)=S. The van der Waals surface area contributed by atoms with Crippen LogP contribution in [0.4, 0.5) is 5.82 Å². The number of anilines is 1. The summed E-state index contributed by atoms with van der Waals surface area (Å²) in [6.07, 6.45) is 4.46. The van der Waals surface area contributed by atoms with Gasteiger partial charge in [-0.05, 0) is 31.4 Å². The van der Waals surface area contributed by atoms with Gasteiger partial charge in [0.2, 0.25) is 0 Å². The summed E-state index contributed by atoms with van der Waals surface area (Å²) < 4.78 is 4.87. The fourth-order valence-corrected chi connectivity index (χ4v) is 2.54.